The monoisotopic (exact) mass is 252 g/mol. The third-order valence-corrected chi connectivity index (χ3v) is 2.22. The molecular formula is C10H8N2O6. The number of aliphatic carboxylic acids is 1. The van der Waals surface area contributed by atoms with E-state index in [4.69, 9.17) is 15.1 Å². The quantitative estimate of drug-likeness (QED) is 0.591. The molecule has 1 atom stereocenters. The second kappa shape index (κ2) is 5.11. The van der Waals surface area contributed by atoms with Crippen LogP contribution in [0.3, 0.4) is 0 Å². The van der Waals surface area contributed by atoms with Gasteiger partial charge in [0.05, 0.1) is 17.6 Å². The summed E-state index contributed by atoms with van der Waals surface area (Å²) >= 11 is 0. The largest absolute Gasteiger partial charge is 0.495 e. The maximum atomic E-state index is 10.8. The lowest BCUT2D eigenvalue weighted by atomic mass is 10.00. The summed E-state index contributed by atoms with van der Waals surface area (Å²) in [4.78, 5) is 20.6. The van der Waals surface area contributed by atoms with Gasteiger partial charge in [-0.15, -0.1) is 0 Å². The van der Waals surface area contributed by atoms with Crippen LogP contribution >= 0.6 is 0 Å². The molecule has 0 saturated heterocycles. The molecule has 0 aliphatic carbocycles. The SMILES string of the molecule is COc1ccc([N+](=O)[O-])c(C(O)C(=O)O)c1C#N. The lowest BCUT2D eigenvalue weighted by Gasteiger charge is -2.11. The Balaban J connectivity index is 3.65. The number of nitrogens with zero attached hydrogens (tertiary/aromatic N) is 2. The topological polar surface area (TPSA) is 134 Å². The Morgan fingerprint density at radius 2 is 2.22 bits per heavy atom. The van der Waals surface area contributed by atoms with Gasteiger partial charge >= 0.3 is 5.97 Å². The molecule has 1 unspecified atom stereocenters. The van der Waals surface area contributed by atoms with Crippen molar-refractivity contribution in [3.63, 3.8) is 0 Å². The van der Waals surface area contributed by atoms with Gasteiger partial charge in [-0.2, -0.15) is 5.26 Å². The third-order valence-electron chi connectivity index (χ3n) is 2.22. The molecule has 8 nitrogen and oxygen atoms in total. The van der Waals surface area contributed by atoms with Crippen molar-refractivity contribution in [1.29, 1.82) is 5.26 Å². The summed E-state index contributed by atoms with van der Waals surface area (Å²) in [6.07, 6.45) is -2.17. The van der Waals surface area contributed by atoms with E-state index in [1.807, 2.05) is 0 Å². The molecule has 0 aliphatic heterocycles. The van der Waals surface area contributed by atoms with Crippen LogP contribution in [0, 0.1) is 21.4 Å². The molecule has 1 aromatic rings. The van der Waals surface area contributed by atoms with Gasteiger partial charge in [-0.1, -0.05) is 0 Å². The smallest absolute Gasteiger partial charge is 0.337 e. The highest BCUT2D eigenvalue weighted by molar-refractivity contribution is 5.78. The number of hydrogen-bond donors (Lipinski definition) is 2. The first kappa shape index (κ1) is 13.4. The van der Waals surface area contributed by atoms with Crippen molar-refractivity contribution in [2.45, 2.75) is 6.10 Å². The van der Waals surface area contributed by atoms with Crippen LogP contribution in [-0.4, -0.2) is 28.2 Å². The van der Waals surface area contributed by atoms with Crippen LogP contribution in [0.2, 0.25) is 0 Å². The maximum Gasteiger partial charge on any atom is 0.337 e. The van der Waals surface area contributed by atoms with Gasteiger partial charge < -0.3 is 14.9 Å². The molecule has 94 valence electrons. The van der Waals surface area contributed by atoms with Crippen LogP contribution in [0.15, 0.2) is 12.1 Å². The fraction of sp³-hybridized carbons (Fsp3) is 0.200. The molecule has 0 spiro atoms. The van der Waals surface area contributed by atoms with Gasteiger partial charge in [0.2, 0.25) is 0 Å². The van der Waals surface area contributed by atoms with Gasteiger partial charge in [0, 0.05) is 6.07 Å². The van der Waals surface area contributed by atoms with E-state index in [1.165, 1.54) is 7.11 Å². The first-order valence-electron chi connectivity index (χ1n) is 4.60. The second-order valence-corrected chi connectivity index (χ2v) is 3.19. The first-order valence-corrected chi connectivity index (χ1v) is 4.60. The summed E-state index contributed by atoms with van der Waals surface area (Å²) in [5.74, 6) is -1.73. The number of carbonyl (C=O) groups is 1. The van der Waals surface area contributed by atoms with Gasteiger partial charge in [0.1, 0.15) is 17.4 Å². The maximum absolute atomic E-state index is 10.8. The van der Waals surface area contributed by atoms with E-state index in [0.717, 1.165) is 12.1 Å². The van der Waals surface area contributed by atoms with E-state index in [9.17, 15) is 20.0 Å². The van der Waals surface area contributed by atoms with Crippen LogP contribution in [0.4, 0.5) is 5.69 Å². The molecule has 18 heavy (non-hydrogen) atoms. The fourth-order valence-corrected chi connectivity index (χ4v) is 1.43. The zero-order valence-corrected chi connectivity index (χ0v) is 9.15. The summed E-state index contributed by atoms with van der Waals surface area (Å²) < 4.78 is 4.79. The molecule has 1 rings (SSSR count). The molecular weight excluding hydrogens is 244 g/mol. The Hall–Kier alpha value is -2.66. The van der Waals surface area contributed by atoms with Crippen molar-refractivity contribution in [1.82, 2.24) is 0 Å². The summed E-state index contributed by atoms with van der Waals surface area (Å²) in [7, 11) is 1.22. The summed E-state index contributed by atoms with van der Waals surface area (Å²) in [6, 6.07) is 3.73. The molecule has 2 N–H and O–H groups in total. The molecule has 0 amide bonds. The fourth-order valence-electron chi connectivity index (χ4n) is 1.43. The molecule has 0 aromatic heterocycles. The number of rotatable bonds is 4. The Bertz CT molecular complexity index is 548. The number of methoxy groups -OCH3 is 1. The normalized spacial score (nSPS) is 11.4. The van der Waals surface area contributed by atoms with Gasteiger partial charge in [-0.05, 0) is 6.07 Å². The van der Waals surface area contributed by atoms with Crippen molar-refractivity contribution >= 4 is 11.7 Å². The lowest BCUT2D eigenvalue weighted by Crippen LogP contribution is -2.14. The highest BCUT2D eigenvalue weighted by Crippen LogP contribution is 2.34. The number of nitriles is 1. The second-order valence-electron chi connectivity index (χ2n) is 3.19. The number of hydrogen-bond acceptors (Lipinski definition) is 6. The van der Waals surface area contributed by atoms with E-state index in [0.29, 0.717) is 0 Å². The number of nitro benzene ring substituents is 1. The molecule has 0 saturated carbocycles. The van der Waals surface area contributed by atoms with E-state index >= 15 is 0 Å². The van der Waals surface area contributed by atoms with Gasteiger partial charge in [-0.25, -0.2) is 4.79 Å². The highest BCUT2D eigenvalue weighted by Gasteiger charge is 2.31. The molecule has 0 bridgehead atoms. The first-order chi connectivity index (χ1) is 8.43. The van der Waals surface area contributed by atoms with Crippen LogP contribution in [0.25, 0.3) is 0 Å². The number of ether oxygens (including phenoxy) is 1. The van der Waals surface area contributed by atoms with E-state index in [-0.39, 0.29) is 11.3 Å². The van der Waals surface area contributed by atoms with E-state index < -0.39 is 28.2 Å². The van der Waals surface area contributed by atoms with Crippen LogP contribution in [-0.2, 0) is 4.79 Å². The number of benzene rings is 1. The van der Waals surface area contributed by atoms with Crippen molar-refractivity contribution < 1.29 is 24.7 Å². The predicted molar refractivity (Wildman–Crippen MR) is 57.0 cm³/mol. The summed E-state index contributed by atoms with van der Waals surface area (Å²) in [5.41, 5.74) is -1.61. The van der Waals surface area contributed by atoms with Crippen molar-refractivity contribution in [3.8, 4) is 11.8 Å². The van der Waals surface area contributed by atoms with Gasteiger partial charge in [0.25, 0.3) is 5.69 Å². The predicted octanol–water partition coefficient (Wildman–Crippen LogP) is 0.593. The van der Waals surface area contributed by atoms with E-state index in [1.54, 1.807) is 6.07 Å². The Labute approximate surface area is 101 Å². The van der Waals surface area contributed by atoms with Crippen LogP contribution in [0.5, 0.6) is 5.75 Å². The Kier molecular flexibility index (Phi) is 3.81. The number of aliphatic hydroxyl groups excluding tert-OH is 1. The number of carboxylic acids is 1. The Morgan fingerprint density at radius 3 is 2.61 bits per heavy atom. The summed E-state index contributed by atoms with van der Waals surface area (Å²) in [5, 5.41) is 37.8. The zero-order chi connectivity index (χ0) is 13.9. The Morgan fingerprint density at radius 1 is 1.61 bits per heavy atom. The van der Waals surface area contributed by atoms with Crippen LogP contribution < -0.4 is 4.74 Å². The molecule has 0 aliphatic rings. The molecule has 0 fully saturated rings. The van der Waals surface area contributed by atoms with Crippen molar-refractivity contribution in [2.75, 3.05) is 7.11 Å². The van der Waals surface area contributed by atoms with Gasteiger partial charge in [-0.3, -0.25) is 10.1 Å². The van der Waals surface area contributed by atoms with E-state index in [2.05, 4.69) is 0 Å². The minimum Gasteiger partial charge on any atom is -0.495 e. The summed E-state index contributed by atoms with van der Waals surface area (Å²) in [6.45, 7) is 0. The average Bonchev–Trinajstić information content (AvgIpc) is 2.35. The third kappa shape index (κ3) is 2.21. The average molecular weight is 252 g/mol. The number of nitro groups is 1. The molecule has 0 radical (unpaired) electrons. The van der Waals surface area contributed by atoms with Gasteiger partial charge in [0.15, 0.2) is 6.10 Å². The minimum absolute atomic E-state index is 0.0431. The molecule has 8 heteroatoms. The molecule has 1 aromatic carbocycles. The lowest BCUT2D eigenvalue weighted by molar-refractivity contribution is -0.386. The number of aliphatic hydroxyl groups is 1. The standard InChI is InChI=1S/C10H8N2O6/c1-18-7-3-2-6(12(16)17)8(5(7)4-11)9(13)10(14)15/h2-3,9,13H,1H3,(H,14,15). The van der Waals surface area contributed by atoms with Crippen LogP contribution in [0.1, 0.15) is 17.2 Å². The van der Waals surface area contributed by atoms with Crippen molar-refractivity contribution in [2.24, 2.45) is 0 Å². The zero-order valence-electron chi connectivity index (χ0n) is 9.15. The molecule has 0 heterocycles. The van der Waals surface area contributed by atoms with Crippen molar-refractivity contribution in [3.05, 3.63) is 33.4 Å². The number of carboxylic acid groups (broad SMARTS) is 1. The highest BCUT2D eigenvalue weighted by atomic mass is 16.6. The minimum atomic E-state index is -2.17.